The van der Waals surface area contributed by atoms with E-state index in [4.69, 9.17) is 4.74 Å². The van der Waals surface area contributed by atoms with Crippen LogP contribution in [0.25, 0.3) is 10.9 Å². The highest BCUT2D eigenvalue weighted by Crippen LogP contribution is 2.20. The van der Waals surface area contributed by atoms with Crippen molar-refractivity contribution in [2.24, 2.45) is 0 Å². The molecule has 1 fully saturated rings. The van der Waals surface area contributed by atoms with E-state index in [-0.39, 0.29) is 18.9 Å². The van der Waals surface area contributed by atoms with Crippen molar-refractivity contribution in [3.8, 4) is 5.75 Å². The fourth-order valence-corrected chi connectivity index (χ4v) is 3.59. The molecule has 4 amide bonds. The lowest BCUT2D eigenvalue weighted by molar-refractivity contribution is -0.129. The minimum Gasteiger partial charge on any atom is -0.496 e. The van der Waals surface area contributed by atoms with Gasteiger partial charge in [0.05, 0.1) is 13.5 Å². The van der Waals surface area contributed by atoms with E-state index >= 15 is 0 Å². The summed E-state index contributed by atoms with van der Waals surface area (Å²) < 4.78 is 5.31. The molecule has 1 unspecified atom stereocenters. The Morgan fingerprint density at radius 1 is 1.17 bits per heavy atom. The zero-order valence-corrected chi connectivity index (χ0v) is 16.5. The van der Waals surface area contributed by atoms with Crippen molar-refractivity contribution in [3.05, 3.63) is 60.3 Å². The molecule has 3 N–H and O–H groups in total. The third-order valence-electron chi connectivity index (χ3n) is 5.13. The van der Waals surface area contributed by atoms with Gasteiger partial charge in [0, 0.05) is 23.9 Å². The number of methoxy groups -OCH3 is 1. The fourth-order valence-electron chi connectivity index (χ4n) is 3.59. The van der Waals surface area contributed by atoms with E-state index in [0.717, 1.165) is 21.4 Å². The normalized spacial score (nSPS) is 16.0. The quantitative estimate of drug-likeness (QED) is 0.525. The van der Waals surface area contributed by atoms with Crippen molar-refractivity contribution in [1.82, 2.24) is 15.2 Å². The second-order valence-corrected chi connectivity index (χ2v) is 7.09. The third kappa shape index (κ3) is 3.98. The number of fused-ring (bicyclic) bond motifs is 1. The number of aromatic nitrogens is 1. The number of carbonyl (C=O) groups is 3. The van der Waals surface area contributed by atoms with Gasteiger partial charge in [0.15, 0.2) is 0 Å². The molecule has 0 saturated carbocycles. The first-order valence-electron chi connectivity index (χ1n) is 9.66. The average molecular weight is 406 g/mol. The first-order valence-corrected chi connectivity index (χ1v) is 9.66. The summed E-state index contributed by atoms with van der Waals surface area (Å²) in [6.07, 6.45) is 2.17. The summed E-state index contributed by atoms with van der Waals surface area (Å²) in [7, 11) is 1.58. The van der Waals surface area contributed by atoms with E-state index in [1.807, 2.05) is 48.7 Å². The molecule has 1 aliphatic rings. The number of para-hydroxylation sites is 1. The lowest BCUT2D eigenvalue weighted by Crippen LogP contribution is -2.35. The van der Waals surface area contributed by atoms with Crippen molar-refractivity contribution in [3.63, 3.8) is 0 Å². The summed E-state index contributed by atoms with van der Waals surface area (Å²) in [6, 6.07) is 13.5. The highest BCUT2D eigenvalue weighted by molar-refractivity contribution is 6.07. The van der Waals surface area contributed by atoms with E-state index in [9.17, 15) is 14.4 Å². The van der Waals surface area contributed by atoms with Crippen LogP contribution in [0.1, 0.15) is 12.0 Å². The maximum atomic E-state index is 12.6. The largest absolute Gasteiger partial charge is 0.496 e. The van der Waals surface area contributed by atoms with Crippen LogP contribution in [0.15, 0.2) is 54.7 Å². The number of carbonyl (C=O) groups excluding carboxylic acids is 3. The molecule has 0 bridgehead atoms. The Morgan fingerprint density at radius 3 is 2.83 bits per heavy atom. The first-order chi connectivity index (χ1) is 14.5. The molecule has 8 nitrogen and oxygen atoms in total. The molecule has 1 saturated heterocycles. The lowest BCUT2D eigenvalue weighted by atomic mass is 10.1. The smallest absolute Gasteiger partial charge is 0.324 e. The van der Waals surface area contributed by atoms with E-state index in [1.165, 1.54) is 0 Å². The van der Waals surface area contributed by atoms with Gasteiger partial charge in [-0.1, -0.05) is 24.3 Å². The maximum Gasteiger partial charge on any atom is 0.324 e. The van der Waals surface area contributed by atoms with Gasteiger partial charge in [0.25, 0.3) is 5.91 Å². The molecule has 30 heavy (non-hydrogen) atoms. The minimum absolute atomic E-state index is 0.126. The maximum absolute atomic E-state index is 12.6. The van der Waals surface area contributed by atoms with Gasteiger partial charge < -0.3 is 20.4 Å². The molecule has 0 radical (unpaired) electrons. The van der Waals surface area contributed by atoms with Gasteiger partial charge in [-0.2, -0.15) is 0 Å². The number of benzene rings is 2. The van der Waals surface area contributed by atoms with Crippen LogP contribution < -0.4 is 15.4 Å². The van der Waals surface area contributed by atoms with Crippen LogP contribution in [0.3, 0.4) is 0 Å². The van der Waals surface area contributed by atoms with Crippen molar-refractivity contribution in [2.45, 2.75) is 18.9 Å². The molecular formula is C22H22N4O4. The number of urea groups is 1. The van der Waals surface area contributed by atoms with Crippen LogP contribution in [0.4, 0.5) is 10.5 Å². The van der Waals surface area contributed by atoms with Crippen molar-refractivity contribution < 1.29 is 19.1 Å². The number of ether oxygens (including phenoxy) is 1. The summed E-state index contributed by atoms with van der Waals surface area (Å²) >= 11 is 0. The van der Waals surface area contributed by atoms with Crippen molar-refractivity contribution in [2.75, 3.05) is 19.0 Å². The summed E-state index contributed by atoms with van der Waals surface area (Å²) in [4.78, 5) is 41.5. The SMILES string of the molecule is COc1ccccc1CCN1C(=O)NC(CC(=O)Nc2ccc3cc[nH]c3c2)C1=O. The fraction of sp³-hybridized carbons (Fsp3) is 0.227. The minimum atomic E-state index is -0.871. The standard InChI is InChI=1S/C22H22N4O4/c1-30-19-5-3-2-4-15(19)9-11-26-21(28)18(25-22(26)29)13-20(27)24-16-7-6-14-8-10-23-17(14)12-16/h2-8,10,12,18,23H,9,11,13H2,1H3,(H,24,27)(H,25,29). The molecule has 2 heterocycles. The van der Waals surface area contributed by atoms with E-state index in [2.05, 4.69) is 15.6 Å². The Balaban J connectivity index is 1.35. The summed E-state index contributed by atoms with van der Waals surface area (Å²) in [5, 5.41) is 6.42. The first kappa shape index (κ1) is 19.5. The number of rotatable bonds is 7. The molecular weight excluding hydrogens is 384 g/mol. The number of amides is 4. The van der Waals surface area contributed by atoms with Crippen LogP contribution in [-0.2, 0) is 16.0 Å². The zero-order valence-electron chi connectivity index (χ0n) is 16.5. The number of nitrogens with zero attached hydrogens (tertiary/aromatic N) is 1. The van der Waals surface area contributed by atoms with Gasteiger partial charge in [0.1, 0.15) is 11.8 Å². The molecule has 0 spiro atoms. The van der Waals surface area contributed by atoms with Crippen LogP contribution >= 0.6 is 0 Å². The molecule has 154 valence electrons. The van der Waals surface area contributed by atoms with Crippen molar-refractivity contribution >= 4 is 34.4 Å². The molecule has 1 aromatic heterocycles. The Kier molecular flexibility index (Phi) is 5.38. The number of hydrogen-bond acceptors (Lipinski definition) is 4. The molecule has 1 atom stereocenters. The summed E-state index contributed by atoms with van der Waals surface area (Å²) in [5.74, 6) is -0.0319. The number of nitrogens with one attached hydrogen (secondary N) is 3. The third-order valence-corrected chi connectivity index (χ3v) is 5.13. The lowest BCUT2D eigenvalue weighted by Gasteiger charge is -2.14. The molecule has 0 aliphatic carbocycles. The molecule has 1 aliphatic heterocycles. The Bertz CT molecular complexity index is 1110. The molecule has 2 aromatic carbocycles. The topological polar surface area (TPSA) is 104 Å². The van der Waals surface area contributed by atoms with Crippen molar-refractivity contribution in [1.29, 1.82) is 0 Å². The number of aromatic amines is 1. The van der Waals surface area contributed by atoms with Gasteiger partial charge >= 0.3 is 6.03 Å². The van der Waals surface area contributed by atoms with Crippen LogP contribution in [-0.4, -0.2) is 47.4 Å². The number of imide groups is 1. The number of hydrogen-bond donors (Lipinski definition) is 3. The highest BCUT2D eigenvalue weighted by atomic mass is 16.5. The van der Waals surface area contributed by atoms with Crippen LogP contribution in [0, 0.1) is 0 Å². The Labute approximate surface area is 173 Å². The second kappa shape index (κ2) is 8.28. The Morgan fingerprint density at radius 2 is 2.00 bits per heavy atom. The van der Waals surface area contributed by atoms with Crippen LogP contribution in [0.2, 0.25) is 0 Å². The molecule has 3 aromatic rings. The van der Waals surface area contributed by atoms with Gasteiger partial charge in [0.2, 0.25) is 5.91 Å². The zero-order chi connectivity index (χ0) is 21.1. The van der Waals surface area contributed by atoms with Gasteiger partial charge in [-0.3, -0.25) is 14.5 Å². The van der Waals surface area contributed by atoms with E-state index in [1.54, 1.807) is 13.2 Å². The van der Waals surface area contributed by atoms with E-state index < -0.39 is 18.0 Å². The van der Waals surface area contributed by atoms with Gasteiger partial charge in [-0.05, 0) is 41.6 Å². The number of anilines is 1. The predicted molar refractivity (Wildman–Crippen MR) is 112 cm³/mol. The summed E-state index contributed by atoms with van der Waals surface area (Å²) in [5.41, 5.74) is 2.43. The van der Waals surface area contributed by atoms with E-state index in [0.29, 0.717) is 17.9 Å². The number of H-pyrrole nitrogens is 1. The molecule has 4 rings (SSSR count). The predicted octanol–water partition coefficient (Wildman–Crippen LogP) is 2.67. The summed E-state index contributed by atoms with van der Waals surface area (Å²) in [6.45, 7) is 0.215. The Hall–Kier alpha value is -3.81. The average Bonchev–Trinajstić information content (AvgIpc) is 3.30. The highest BCUT2D eigenvalue weighted by Gasteiger charge is 2.38. The van der Waals surface area contributed by atoms with Crippen LogP contribution in [0.5, 0.6) is 5.75 Å². The monoisotopic (exact) mass is 406 g/mol. The molecule has 8 heteroatoms. The van der Waals surface area contributed by atoms with Gasteiger partial charge in [-0.15, -0.1) is 0 Å². The van der Waals surface area contributed by atoms with Gasteiger partial charge in [-0.25, -0.2) is 4.79 Å². The second-order valence-electron chi connectivity index (χ2n) is 7.09.